The van der Waals surface area contributed by atoms with Crippen molar-refractivity contribution in [2.45, 2.75) is 33.2 Å². The average Bonchev–Trinajstić information content (AvgIpc) is 2.36. The van der Waals surface area contributed by atoms with Gasteiger partial charge in [0.1, 0.15) is 5.75 Å². The van der Waals surface area contributed by atoms with Crippen LogP contribution in [-0.4, -0.2) is 24.5 Å². The van der Waals surface area contributed by atoms with Crippen molar-refractivity contribution in [1.82, 2.24) is 5.32 Å². The van der Waals surface area contributed by atoms with Gasteiger partial charge in [-0.15, -0.1) is 0 Å². The Bertz CT molecular complexity index is 446. The highest BCUT2D eigenvalue weighted by atomic mass is 16.5. The monoisotopic (exact) mass is 264 g/mol. The molecule has 0 unspecified atom stereocenters. The number of benzene rings is 1. The summed E-state index contributed by atoms with van der Waals surface area (Å²) in [5.41, 5.74) is 0.646. The van der Waals surface area contributed by atoms with E-state index in [-0.39, 0.29) is 24.5 Å². The third-order valence-corrected chi connectivity index (χ3v) is 2.54. The van der Waals surface area contributed by atoms with Crippen LogP contribution in [0.2, 0.25) is 0 Å². The molecule has 0 aliphatic heterocycles. The van der Waals surface area contributed by atoms with E-state index >= 15 is 0 Å². The first-order valence-electron chi connectivity index (χ1n) is 6.31. The Morgan fingerprint density at radius 1 is 1.37 bits per heavy atom. The highest BCUT2D eigenvalue weighted by Crippen LogP contribution is 2.17. The lowest BCUT2D eigenvalue weighted by Crippen LogP contribution is -2.35. The molecule has 2 amide bonds. The number of carbonyl (C=O) groups is 2. The van der Waals surface area contributed by atoms with Crippen LogP contribution in [0.4, 0.5) is 5.69 Å². The molecular weight excluding hydrogens is 244 g/mol. The molecule has 1 aromatic carbocycles. The first-order valence-corrected chi connectivity index (χ1v) is 6.31. The zero-order chi connectivity index (χ0) is 14.3. The van der Waals surface area contributed by atoms with Gasteiger partial charge in [-0.05, 0) is 25.5 Å². The van der Waals surface area contributed by atoms with E-state index in [1.54, 1.807) is 24.3 Å². The van der Waals surface area contributed by atoms with Crippen LogP contribution in [0.5, 0.6) is 5.75 Å². The molecule has 0 fully saturated rings. The second-order valence-electron chi connectivity index (χ2n) is 4.37. The smallest absolute Gasteiger partial charge is 0.258 e. The molecule has 1 rings (SSSR count). The van der Waals surface area contributed by atoms with Crippen LogP contribution in [0.3, 0.4) is 0 Å². The van der Waals surface area contributed by atoms with Crippen LogP contribution in [0, 0.1) is 0 Å². The third-order valence-electron chi connectivity index (χ3n) is 2.54. The molecule has 0 saturated heterocycles. The molecule has 0 radical (unpaired) electrons. The van der Waals surface area contributed by atoms with Gasteiger partial charge in [-0.1, -0.05) is 13.0 Å². The number of nitrogens with one attached hydrogen (secondary N) is 2. The first kappa shape index (κ1) is 15.0. The number of rotatable bonds is 6. The van der Waals surface area contributed by atoms with Crippen molar-refractivity contribution >= 4 is 17.5 Å². The Kier molecular flexibility index (Phi) is 5.85. The van der Waals surface area contributed by atoms with Crippen molar-refractivity contribution in [3.63, 3.8) is 0 Å². The summed E-state index contributed by atoms with van der Waals surface area (Å²) >= 11 is 0. The molecule has 5 heteroatoms. The van der Waals surface area contributed by atoms with E-state index < -0.39 is 0 Å². The van der Waals surface area contributed by atoms with Gasteiger partial charge in [0, 0.05) is 24.7 Å². The van der Waals surface area contributed by atoms with Gasteiger partial charge in [-0.25, -0.2) is 0 Å². The van der Waals surface area contributed by atoms with Crippen LogP contribution in [0.25, 0.3) is 0 Å². The Hall–Kier alpha value is -2.04. The van der Waals surface area contributed by atoms with Crippen molar-refractivity contribution in [3.8, 4) is 5.75 Å². The Morgan fingerprint density at radius 2 is 2.11 bits per heavy atom. The lowest BCUT2D eigenvalue weighted by molar-refractivity contribution is -0.123. The molecule has 19 heavy (non-hydrogen) atoms. The molecule has 0 saturated carbocycles. The van der Waals surface area contributed by atoms with Gasteiger partial charge in [0.25, 0.3) is 5.91 Å². The molecule has 0 aliphatic carbocycles. The highest BCUT2D eigenvalue weighted by molar-refractivity contribution is 5.88. The van der Waals surface area contributed by atoms with Crippen molar-refractivity contribution in [2.24, 2.45) is 0 Å². The number of ether oxygens (including phenoxy) is 1. The maximum Gasteiger partial charge on any atom is 0.258 e. The highest BCUT2D eigenvalue weighted by Gasteiger charge is 2.06. The number of amides is 2. The van der Waals surface area contributed by atoms with Crippen LogP contribution in [0.1, 0.15) is 27.2 Å². The van der Waals surface area contributed by atoms with Gasteiger partial charge < -0.3 is 15.4 Å². The quantitative estimate of drug-likeness (QED) is 0.825. The molecule has 0 heterocycles. The molecule has 1 atom stereocenters. The van der Waals surface area contributed by atoms with E-state index in [0.29, 0.717) is 11.4 Å². The standard InChI is InChI=1S/C14H20N2O3/c1-4-10(2)15-14(18)9-19-13-7-5-6-12(8-13)16-11(3)17/h5-8,10H,4,9H2,1-3H3,(H,15,18)(H,16,17)/t10-/m0/s1. The molecular formula is C14H20N2O3. The number of carbonyl (C=O) groups excluding carboxylic acids is 2. The fraction of sp³-hybridized carbons (Fsp3) is 0.429. The van der Waals surface area contributed by atoms with Crippen molar-refractivity contribution in [2.75, 3.05) is 11.9 Å². The third kappa shape index (κ3) is 5.90. The minimum Gasteiger partial charge on any atom is -0.484 e. The largest absolute Gasteiger partial charge is 0.484 e. The van der Waals surface area contributed by atoms with Gasteiger partial charge in [-0.3, -0.25) is 9.59 Å². The van der Waals surface area contributed by atoms with E-state index in [4.69, 9.17) is 4.74 Å². The van der Waals surface area contributed by atoms with Crippen LogP contribution in [-0.2, 0) is 9.59 Å². The second kappa shape index (κ2) is 7.41. The zero-order valence-corrected chi connectivity index (χ0v) is 11.5. The molecule has 0 aromatic heterocycles. The SMILES string of the molecule is CC[C@H](C)NC(=O)COc1cccc(NC(C)=O)c1. The van der Waals surface area contributed by atoms with E-state index in [0.717, 1.165) is 6.42 Å². The van der Waals surface area contributed by atoms with Gasteiger partial charge in [0.2, 0.25) is 5.91 Å². The topological polar surface area (TPSA) is 67.4 Å². The lowest BCUT2D eigenvalue weighted by atomic mass is 10.2. The predicted octanol–water partition coefficient (Wildman–Crippen LogP) is 1.94. The van der Waals surface area contributed by atoms with Crippen LogP contribution >= 0.6 is 0 Å². The molecule has 5 nitrogen and oxygen atoms in total. The molecule has 0 spiro atoms. The molecule has 0 bridgehead atoms. The number of anilines is 1. The van der Waals surface area contributed by atoms with Gasteiger partial charge >= 0.3 is 0 Å². The fourth-order valence-corrected chi connectivity index (χ4v) is 1.43. The summed E-state index contributed by atoms with van der Waals surface area (Å²) in [5, 5.41) is 5.47. The summed E-state index contributed by atoms with van der Waals surface area (Å²) in [6, 6.07) is 7.07. The summed E-state index contributed by atoms with van der Waals surface area (Å²) < 4.78 is 5.37. The van der Waals surface area contributed by atoms with E-state index in [1.165, 1.54) is 6.92 Å². The summed E-state index contributed by atoms with van der Waals surface area (Å²) in [4.78, 5) is 22.5. The Labute approximate surface area is 113 Å². The number of hydrogen-bond donors (Lipinski definition) is 2. The summed E-state index contributed by atoms with van der Waals surface area (Å²) in [6.07, 6.45) is 0.879. The molecule has 104 valence electrons. The summed E-state index contributed by atoms with van der Waals surface area (Å²) in [5.74, 6) is 0.247. The van der Waals surface area contributed by atoms with Crippen molar-refractivity contribution < 1.29 is 14.3 Å². The minimum absolute atomic E-state index is 0.0339. The first-order chi connectivity index (χ1) is 9.01. The minimum atomic E-state index is -0.153. The fourth-order valence-electron chi connectivity index (χ4n) is 1.43. The second-order valence-corrected chi connectivity index (χ2v) is 4.37. The van der Waals surface area contributed by atoms with Crippen molar-refractivity contribution in [3.05, 3.63) is 24.3 Å². The van der Waals surface area contributed by atoms with Gasteiger partial charge in [-0.2, -0.15) is 0 Å². The Balaban J connectivity index is 2.49. The summed E-state index contributed by atoms with van der Waals surface area (Å²) in [6.45, 7) is 5.35. The lowest BCUT2D eigenvalue weighted by Gasteiger charge is -2.12. The van der Waals surface area contributed by atoms with Gasteiger partial charge in [0.05, 0.1) is 0 Å². The Morgan fingerprint density at radius 3 is 2.74 bits per heavy atom. The van der Waals surface area contributed by atoms with Gasteiger partial charge in [0.15, 0.2) is 6.61 Å². The van der Waals surface area contributed by atoms with E-state index in [2.05, 4.69) is 10.6 Å². The molecule has 2 N–H and O–H groups in total. The van der Waals surface area contributed by atoms with E-state index in [1.807, 2.05) is 13.8 Å². The van der Waals surface area contributed by atoms with Crippen LogP contribution < -0.4 is 15.4 Å². The average molecular weight is 264 g/mol. The van der Waals surface area contributed by atoms with E-state index in [9.17, 15) is 9.59 Å². The predicted molar refractivity (Wildman–Crippen MR) is 74.1 cm³/mol. The maximum atomic E-state index is 11.5. The summed E-state index contributed by atoms with van der Waals surface area (Å²) in [7, 11) is 0. The maximum absolute atomic E-state index is 11.5. The molecule has 0 aliphatic rings. The van der Waals surface area contributed by atoms with Crippen molar-refractivity contribution in [1.29, 1.82) is 0 Å². The molecule has 1 aromatic rings. The zero-order valence-electron chi connectivity index (χ0n) is 11.5. The normalized spacial score (nSPS) is 11.5. The van der Waals surface area contributed by atoms with Crippen LogP contribution in [0.15, 0.2) is 24.3 Å². The number of hydrogen-bond acceptors (Lipinski definition) is 3.